The number of aromatic nitrogens is 2. The molecule has 0 aliphatic carbocycles. The quantitative estimate of drug-likeness (QED) is 0.646. The number of rotatable bonds is 6. The van der Waals surface area contributed by atoms with E-state index in [1.165, 1.54) is 6.20 Å². The lowest BCUT2D eigenvalue weighted by Gasteiger charge is -2.11. The van der Waals surface area contributed by atoms with Gasteiger partial charge in [-0.2, -0.15) is 0 Å². The zero-order chi connectivity index (χ0) is 14.5. The molecule has 2 rings (SSSR count). The van der Waals surface area contributed by atoms with Gasteiger partial charge in [-0.05, 0) is 20.3 Å². The third kappa shape index (κ3) is 2.74. The van der Waals surface area contributed by atoms with Crippen molar-refractivity contribution < 1.29 is 14.1 Å². The third-order valence-electron chi connectivity index (χ3n) is 3.00. The van der Waals surface area contributed by atoms with E-state index in [4.69, 9.17) is 9.26 Å². The molecule has 0 aliphatic heterocycles. The number of aryl methyl sites for hydroxylation is 1. The Morgan fingerprint density at radius 1 is 1.45 bits per heavy atom. The van der Waals surface area contributed by atoms with Crippen LogP contribution in [0, 0.1) is 6.92 Å². The van der Waals surface area contributed by atoms with Crippen molar-refractivity contribution in [3.63, 3.8) is 0 Å². The third-order valence-corrected chi connectivity index (χ3v) is 3.00. The summed E-state index contributed by atoms with van der Waals surface area (Å²) in [6, 6.07) is 0. The highest BCUT2D eigenvalue weighted by Crippen LogP contribution is 2.29. The first kappa shape index (κ1) is 14.3. The van der Waals surface area contributed by atoms with E-state index < -0.39 is 0 Å². The van der Waals surface area contributed by atoms with E-state index in [-0.39, 0.29) is 5.97 Å². The van der Waals surface area contributed by atoms with Gasteiger partial charge < -0.3 is 14.6 Å². The molecule has 0 atom stereocenters. The Morgan fingerprint density at radius 3 is 2.95 bits per heavy atom. The molecule has 2 aromatic heterocycles. The van der Waals surface area contributed by atoms with E-state index in [1.54, 1.807) is 6.92 Å². The van der Waals surface area contributed by atoms with Crippen molar-refractivity contribution in [1.29, 1.82) is 0 Å². The van der Waals surface area contributed by atoms with Gasteiger partial charge in [-0.1, -0.05) is 18.5 Å². The summed E-state index contributed by atoms with van der Waals surface area (Å²) in [5, 5.41) is 7.93. The summed E-state index contributed by atoms with van der Waals surface area (Å²) in [5.74, 6) is -0.388. The first-order valence-corrected chi connectivity index (χ1v) is 6.85. The summed E-state index contributed by atoms with van der Waals surface area (Å²) in [6.45, 7) is 6.81. The lowest BCUT2D eigenvalue weighted by Crippen LogP contribution is -2.11. The van der Waals surface area contributed by atoms with Crippen molar-refractivity contribution in [3.8, 4) is 0 Å². The number of nitrogens with one attached hydrogen (secondary N) is 1. The number of carbonyl (C=O) groups is 1. The van der Waals surface area contributed by atoms with E-state index in [9.17, 15) is 4.79 Å². The van der Waals surface area contributed by atoms with E-state index >= 15 is 0 Å². The topological polar surface area (TPSA) is 77.2 Å². The van der Waals surface area contributed by atoms with E-state index in [1.807, 2.05) is 6.92 Å². The number of hydrogen-bond donors (Lipinski definition) is 1. The first-order valence-electron chi connectivity index (χ1n) is 6.85. The number of pyridine rings is 1. The minimum Gasteiger partial charge on any atom is -0.462 e. The Hall–Kier alpha value is -2.11. The van der Waals surface area contributed by atoms with Crippen LogP contribution in [-0.4, -0.2) is 29.3 Å². The van der Waals surface area contributed by atoms with Crippen LogP contribution in [0.1, 0.15) is 42.7 Å². The van der Waals surface area contributed by atoms with Crippen LogP contribution in [0.4, 0.5) is 5.69 Å². The lowest BCUT2D eigenvalue weighted by atomic mass is 10.1. The van der Waals surface area contributed by atoms with Crippen LogP contribution in [-0.2, 0) is 4.74 Å². The van der Waals surface area contributed by atoms with Crippen LogP contribution in [0.3, 0.4) is 0 Å². The van der Waals surface area contributed by atoms with Gasteiger partial charge in [-0.25, -0.2) is 9.78 Å². The largest absolute Gasteiger partial charge is 0.462 e. The maximum atomic E-state index is 12.0. The van der Waals surface area contributed by atoms with Crippen LogP contribution in [0.25, 0.3) is 11.1 Å². The highest BCUT2D eigenvalue weighted by atomic mass is 16.5. The number of nitrogens with zero attached hydrogens (tertiary/aromatic N) is 2. The van der Waals surface area contributed by atoms with Gasteiger partial charge in [0, 0.05) is 12.7 Å². The molecule has 2 heterocycles. The highest BCUT2D eigenvalue weighted by molar-refractivity contribution is 6.04. The summed E-state index contributed by atoms with van der Waals surface area (Å²) >= 11 is 0. The van der Waals surface area contributed by atoms with Crippen LogP contribution >= 0.6 is 0 Å². The van der Waals surface area contributed by atoms with Crippen molar-refractivity contribution in [3.05, 3.63) is 17.5 Å². The van der Waals surface area contributed by atoms with Crippen molar-refractivity contribution in [1.82, 2.24) is 10.1 Å². The van der Waals surface area contributed by atoms with Gasteiger partial charge in [0.25, 0.3) is 5.71 Å². The maximum absolute atomic E-state index is 12.0. The summed E-state index contributed by atoms with van der Waals surface area (Å²) in [7, 11) is 0. The molecule has 0 bridgehead atoms. The summed E-state index contributed by atoms with van der Waals surface area (Å²) < 4.78 is 10.2. The molecule has 6 heteroatoms. The summed E-state index contributed by atoms with van der Waals surface area (Å²) in [6.07, 6.45) is 3.55. The molecule has 20 heavy (non-hydrogen) atoms. The van der Waals surface area contributed by atoms with Gasteiger partial charge in [0.05, 0.1) is 23.4 Å². The normalized spacial score (nSPS) is 10.8. The molecule has 0 saturated carbocycles. The van der Waals surface area contributed by atoms with Gasteiger partial charge in [0.2, 0.25) is 0 Å². The average molecular weight is 277 g/mol. The van der Waals surface area contributed by atoms with Gasteiger partial charge >= 0.3 is 5.97 Å². The Morgan fingerprint density at radius 2 is 2.25 bits per heavy atom. The number of anilines is 1. The Balaban J connectivity index is 2.46. The first-order chi connectivity index (χ1) is 9.69. The number of hydrogen-bond acceptors (Lipinski definition) is 6. The van der Waals surface area contributed by atoms with Crippen LogP contribution in [0.5, 0.6) is 0 Å². The van der Waals surface area contributed by atoms with Crippen LogP contribution < -0.4 is 5.32 Å². The second kappa shape index (κ2) is 6.36. The molecule has 1 N–H and O–H groups in total. The highest BCUT2D eigenvalue weighted by Gasteiger charge is 2.20. The predicted molar refractivity (Wildman–Crippen MR) is 75.9 cm³/mol. The second-order valence-electron chi connectivity index (χ2n) is 4.50. The minimum atomic E-state index is -0.388. The van der Waals surface area contributed by atoms with Crippen molar-refractivity contribution >= 4 is 22.8 Å². The van der Waals surface area contributed by atoms with Crippen molar-refractivity contribution in [2.24, 2.45) is 0 Å². The van der Waals surface area contributed by atoms with Gasteiger partial charge in [-0.15, -0.1) is 0 Å². The van der Waals surface area contributed by atoms with Crippen molar-refractivity contribution in [2.75, 3.05) is 18.5 Å². The molecule has 108 valence electrons. The van der Waals surface area contributed by atoms with E-state index in [0.717, 1.165) is 24.8 Å². The summed E-state index contributed by atoms with van der Waals surface area (Å²) in [5.41, 5.74) is 2.24. The molecule has 0 aliphatic rings. The Bertz CT molecular complexity index is 607. The monoisotopic (exact) mass is 277 g/mol. The predicted octanol–water partition coefficient (Wildman–Crippen LogP) is 2.92. The summed E-state index contributed by atoms with van der Waals surface area (Å²) in [4.78, 5) is 16.1. The van der Waals surface area contributed by atoms with Crippen molar-refractivity contribution in [2.45, 2.75) is 33.6 Å². The molecule has 0 fully saturated rings. The number of ether oxygens (including phenoxy) is 1. The standard InChI is InChI=1S/C14H19N3O3/c1-4-6-7-15-12-10(14(18)19-5-2)8-16-13-11(12)9(3)17-20-13/h8H,4-7H2,1-3H3,(H,15,16). The molecule has 0 unspecified atom stereocenters. The Labute approximate surface area is 117 Å². The zero-order valence-corrected chi connectivity index (χ0v) is 12.0. The number of unbranched alkanes of at least 4 members (excludes halogenated alkanes) is 1. The molecule has 2 aromatic rings. The number of fused-ring (bicyclic) bond motifs is 1. The minimum absolute atomic E-state index is 0.327. The lowest BCUT2D eigenvalue weighted by molar-refractivity contribution is 0.0527. The van der Waals surface area contributed by atoms with Crippen LogP contribution in [0.15, 0.2) is 10.7 Å². The molecule has 6 nitrogen and oxygen atoms in total. The SMILES string of the molecule is CCCCNc1c(C(=O)OCC)cnc2onc(C)c12. The fraction of sp³-hybridized carbons (Fsp3) is 0.500. The van der Waals surface area contributed by atoms with E-state index in [0.29, 0.717) is 29.3 Å². The number of esters is 1. The van der Waals surface area contributed by atoms with Crippen LogP contribution in [0.2, 0.25) is 0 Å². The van der Waals surface area contributed by atoms with Gasteiger partial charge in [0.15, 0.2) is 0 Å². The average Bonchev–Trinajstić information content (AvgIpc) is 2.81. The Kier molecular flexibility index (Phi) is 4.55. The zero-order valence-electron chi connectivity index (χ0n) is 12.0. The van der Waals surface area contributed by atoms with Gasteiger partial charge in [0.1, 0.15) is 5.56 Å². The molecule has 0 saturated heterocycles. The molecule has 0 aromatic carbocycles. The fourth-order valence-electron chi connectivity index (χ4n) is 1.99. The maximum Gasteiger partial charge on any atom is 0.341 e. The molecular weight excluding hydrogens is 258 g/mol. The smallest absolute Gasteiger partial charge is 0.341 e. The second-order valence-corrected chi connectivity index (χ2v) is 4.50. The van der Waals surface area contributed by atoms with E-state index in [2.05, 4.69) is 22.4 Å². The molecule has 0 radical (unpaired) electrons. The molecule has 0 amide bonds. The molecule has 0 spiro atoms. The number of carbonyl (C=O) groups excluding carboxylic acids is 1. The molecular formula is C14H19N3O3. The van der Waals surface area contributed by atoms with Gasteiger partial charge in [-0.3, -0.25) is 0 Å². The fourth-order valence-corrected chi connectivity index (χ4v) is 1.99.